The van der Waals surface area contributed by atoms with Gasteiger partial charge in [-0.3, -0.25) is 9.59 Å². The summed E-state index contributed by atoms with van der Waals surface area (Å²) in [7, 11) is 0. The molecule has 0 heterocycles. The summed E-state index contributed by atoms with van der Waals surface area (Å²) in [5.74, 6) is -0.895. The van der Waals surface area contributed by atoms with Crippen molar-refractivity contribution in [2.45, 2.75) is 77.7 Å². The third-order valence-electron chi connectivity index (χ3n) is 7.02. The van der Waals surface area contributed by atoms with Gasteiger partial charge >= 0.3 is 5.97 Å². The molecule has 1 saturated carbocycles. The number of amides is 1. The summed E-state index contributed by atoms with van der Waals surface area (Å²) in [5, 5.41) is 12.6. The van der Waals surface area contributed by atoms with Crippen LogP contribution in [0.5, 0.6) is 11.5 Å². The number of ketones is 1. The minimum Gasteiger partial charge on any atom is -0.493 e. The predicted octanol–water partition coefficient (Wildman–Crippen LogP) is 5.38. The molecule has 0 aliphatic heterocycles. The van der Waals surface area contributed by atoms with E-state index in [0.717, 1.165) is 31.2 Å². The van der Waals surface area contributed by atoms with Gasteiger partial charge in [0.1, 0.15) is 22.6 Å². The highest BCUT2D eigenvalue weighted by Crippen LogP contribution is 2.35. The van der Waals surface area contributed by atoms with Gasteiger partial charge in [0.25, 0.3) is 0 Å². The molecule has 1 aliphatic rings. The van der Waals surface area contributed by atoms with Crippen LogP contribution in [0.3, 0.4) is 0 Å². The van der Waals surface area contributed by atoms with Gasteiger partial charge in [0, 0.05) is 5.92 Å². The van der Waals surface area contributed by atoms with E-state index in [4.69, 9.17) is 9.47 Å². The average molecular weight is 510 g/mol. The highest BCUT2D eigenvalue weighted by atomic mass is 16.5. The van der Waals surface area contributed by atoms with E-state index in [2.05, 4.69) is 17.4 Å². The topological polar surface area (TPSA) is 102 Å². The Morgan fingerprint density at radius 1 is 0.973 bits per heavy atom. The summed E-state index contributed by atoms with van der Waals surface area (Å²) in [4.78, 5) is 37.7. The van der Waals surface area contributed by atoms with Crippen molar-refractivity contribution >= 4 is 17.7 Å². The van der Waals surface area contributed by atoms with Gasteiger partial charge in [0.15, 0.2) is 5.78 Å². The molecule has 7 nitrogen and oxygen atoms in total. The Morgan fingerprint density at radius 3 is 2.08 bits per heavy atom. The second kappa shape index (κ2) is 13.3. The fourth-order valence-corrected chi connectivity index (χ4v) is 4.88. The minimum absolute atomic E-state index is 0.151. The van der Waals surface area contributed by atoms with E-state index in [1.165, 1.54) is 12.5 Å². The van der Waals surface area contributed by atoms with Crippen LogP contribution in [0.1, 0.15) is 80.8 Å². The molecule has 1 atom stereocenters. The second-order valence-electron chi connectivity index (χ2n) is 9.75. The number of carboxylic acids is 1. The average Bonchev–Trinajstić information content (AvgIpc) is 2.83. The molecule has 3 rings (SSSR count). The number of benzene rings is 2. The first-order valence-corrected chi connectivity index (χ1v) is 13.3. The third-order valence-corrected chi connectivity index (χ3v) is 7.02. The van der Waals surface area contributed by atoms with Crippen LogP contribution in [-0.4, -0.2) is 41.5 Å². The Labute approximate surface area is 219 Å². The molecule has 0 bridgehead atoms. The van der Waals surface area contributed by atoms with Gasteiger partial charge in [-0.25, -0.2) is 4.79 Å². The number of hydrogen-bond donors (Lipinski definition) is 2. The Bertz CT molecular complexity index is 1050. The number of ether oxygens (including phenoxy) is 2. The first-order chi connectivity index (χ1) is 17.8. The second-order valence-corrected chi connectivity index (χ2v) is 9.75. The van der Waals surface area contributed by atoms with Gasteiger partial charge in [-0.15, -0.1) is 0 Å². The number of unbranched alkanes of at least 4 members (excludes halogenated alkanes) is 1. The van der Waals surface area contributed by atoms with Crippen LogP contribution in [0, 0.1) is 5.92 Å². The highest BCUT2D eigenvalue weighted by Gasteiger charge is 2.46. The standard InChI is InChI=1S/C30H39NO6/c1-4-36-25-19-23(20-26(37-5-2)27(25)21(3)32)18-24(15-10-9-14-22-12-7-6-8-13-22)28(33)31-30(29(34)35)16-11-17-30/h6-8,12-13,19-20,24H,4-5,9-11,14-18H2,1-3H3,(H,31,33)(H,34,35). The van der Waals surface area contributed by atoms with Crippen LogP contribution in [0.25, 0.3) is 0 Å². The molecule has 0 saturated heterocycles. The lowest BCUT2D eigenvalue weighted by Gasteiger charge is -2.39. The molecule has 1 unspecified atom stereocenters. The first-order valence-electron chi connectivity index (χ1n) is 13.3. The molecule has 0 radical (unpaired) electrons. The lowest BCUT2D eigenvalue weighted by atomic mass is 9.76. The maximum absolute atomic E-state index is 13.4. The molecule has 37 heavy (non-hydrogen) atoms. The van der Waals surface area contributed by atoms with Crippen molar-refractivity contribution in [1.29, 1.82) is 0 Å². The van der Waals surface area contributed by atoms with Crippen molar-refractivity contribution in [3.05, 3.63) is 59.2 Å². The van der Waals surface area contributed by atoms with E-state index in [1.54, 1.807) is 0 Å². The van der Waals surface area contributed by atoms with E-state index in [0.29, 0.717) is 56.0 Å². The SMILES string of the molecule is CCOc1cc(CC(CCCCc2ccccc2)C(=O)NC2(C(=O)O)CCC2)cc(OCC)c1C(C)=O. The lowest BCUT2D eigenvalue weighted by Crippen LogP contribution is -2.60. The number of Topliss-reactive ketones (excluding diaryl/α,β-unsaturated/α-hetero) is 1. The van der Waals surface area contributed by atoms with Crippen molar-refractivity contribution in [2.75, 3.05) is 13.2 Å². The van der Waals surface area contributed by atoms with Crippen LogP contribution in [0.15, 0.2) is 42.5 Å². The summed E-state index contributed by atoms with van der Waals surface area (Å²) in [6.45, 7) is 5.96. The Balaban J connectivity index is 1.82. The smallest absolute Gasteiger partial charge is 0.329 e. The number of aryl methyl sites for hydroxylation is 1. The van der Waals surface area contributed by atoms with Crippen LogP contribution in [-0.2, 0) is 22.4 Å². The number of carboxylic acid groups (broad SMARTS) is 1. The zero-order chi connectivity index (χ0) is 26.8. The third kappa shape index (κ3) is 7.34. The molecule has 1 amide bonds. The number of carbonyl (C=O) groups excluding carboxylic acids is 2. The molecule has 2 aromatic carbocycles. The van der Waals surface area contributed by atoms with E-state index in [1.807, 2.05) is 44.2 Å². The molecule has 200 valence electrons. The van der Waals surface area contributed by atoms with Crippen LogP contribution >= 0.6 is 0 Å². The Hall–Kier alpha value is -3.35. The fraction of sp³-hybridized carbons (Fsp3) is 0.500. The molecule has 2 N–H and O–H groups in total. The molecular weight excluding hydrogens is 470 g/mol. The fourth-order valence-electron chi connectivity index (χ4n) is 4.88. The van der Waals surface area contributed by atoms with Gasteiger partial charge in [0.05, 0.1) is 13.2 Å². The normalized spacial score (nSPS) is 14.8. The van der Waals surface area contributed by atoms with Gasteiger partial charge in [-0.2, -0.15) is 0 Å². The summed E-state index contributed by atoms with van der Waals surface area (Å²) in [5.41, 5.74) is 1.31. The molecule has 0 aromatic heterocycles. The highest BCUT2D eigenvalue weighted by molar-refractivity contribution is 5.99. The Kier molecular flexibility index (Phi) is 10.1. The molecular formula is C30H39NO6. The van der Waals surface area contributed by atoms with Crippen molar-refractivity contribution in [2.24, 2.45) is 5.92 Å². The number of hydrogen-bond acceptors (Lipinski definition) is 5. The van der Waals surface area contributed by atoms with Crippen molar-refractivity contribution in [1.82, 2.24) is 5.32 Å². The van der Waals surface area contributed by atoms with Gasteiger partial charge in [-0.1, -0.05) is 36.8 Å². The number of carbonyl (C=O) groups is 3. The summed E-state index contributed by atoms with van der Waals surface area (Å²) >= 11 is 0. The molecule has 0 spiro atoms. The predicted molar refractivity (Wildman–Crippen MR) is 142 cm³/mol. The van der Waals surface area contributed by atoms with Crippen LogP contribution < -0.4 is 14.8 Å². The largest absolute Gasteiger partial charge is 0.493 e. The maximum Gasteiger partial charge on any atom is 0.329 e. The summed E-state index contributed by atoms with van der Waals surface area (Å²) < 4.78 is 11.6. The monoisotopic (exact) mass is 509 g/mol. The lowest BCUT2D eigenvalue weighted by molar-refractivity contribution is -0.152. The van der Waals surface area contributed by atoms with E-state index < -0.39 is 17.4 Å². The van der Waals surface area contributed by atoms with Crippen LogP contribution in [0.4, 0.5) is 0 Å². The quantitative estimate of drug-likeness (QED) is 0.247. The molecule has 7 heteroatoms. The molecule has 2 aromatic rings. The van der Waals surface area contributed by atoms with E-state index >= 15 is 0 Å². The summed E-state index contributed by atoms with van der Waals surface area (Å²) in [6, 6.07) is 13.8. The molecule has 1 aliphatic carbocycles. The minimum atomic E-state index is -1.16. The number of aliphatic carboxylic acids is 1. The summed E-state index contributed by atoms with van der Waals surface area (Å²) in [6.07, 6.45) is 5.38. The maximum atomic E-state index is 13.4. The first kappa shape index (κ1) is 28.2. The van der Waals surface area contributed by atoms with Crippen molar-refractivity contribution in [3.63, 3.8) is 0 Å². The number of rotatable bonds is 15. The molecule has 1 fully saturated rings. The van der Waals surface area contributed by atoms with Gasteiger partial charge < -0.3 is 19.9 Å². The zero-order valence-corrected chi connectivity index (χ0v) is 22.2. The van der Waals surface area contributed by atoms with E-state index in [-0.39, 0.29) is 11.7 Å². The van der Waals surface area contributed by atoms with Crippen molar-refractivity contribution < 1.29 is 29.0 Å². The van der Waals surface area contributed by atoms with Crippen molar-refractivity contribution in [3.8, 4) is 11.5 Å². The Morgan fingerprint density at radius 2 is 1.59 bits per heavy atom. The van der Waals surface area contributed by atoms with Gasteiger partial charge in [0.2, 0.25) is 5.91 Å². The van der Waals surface area contributed by atoms with Gasteiger partial charge in [-0.05, 0) is 89.0 Å². The van der Waals surface area contributed by atoms with E-state index in [9.17, 15) is 19.5 Å². The number of nitrogens with one attached hydrogen (secondary N) is 1. The zero-order valence-electron chi connectivity index (χ0n) is 22.2. The van der Waals surface area contributed by atoms with Crippen LogP contribution in [0.2, 0.25) is 0 Å².